The molecule has 2 aromatic heterocycles. The Morgan fingerprint density at radius 3 is 2.76 bits per heavy atom. The van der Waals surface area contributed by atoms with E-state index in [1.165, 1.54) is 36.4 Å². The average molecular weight is 469 g/mol. The summed E-state index contributed by atoms with van der Waals surface area (Å²) in [6.07, 6.45) is 3.54. The summed E-state index contributed by atoms with van der Waals surface area (Å²) in [7, 11) is 1.34. The summed E-state index contributed by atoms with van der Waals surface area (Å²) in [5, 5.41) is 12.7. The zero-order valence-electron chi connectivity index (χ0n) is 17.7. The smallest absolute Gasteiger partial charge is 0.256 e. The molecule has 11 heteroatoms. The molecule has 9 nitrogen and oxygen atoms in total. The first kappa shape index (κ1) is 21.1. The molecule has 2 aromatic carbocycles. The molecule has 3 heterocycles. The molecule has 0 unspecified atom stereocenters. The van der Waals surface area contributed by atoms with Crippen LogP contribution in [0.15, 0.2) is 47.2 Å². The molecule has 1 fully saturated rings. The van der Waals surface area contributed by atoms with Gasteiger partial charge in [-0.25, -0.2) is 4.39 Å². The van der Waals surface area contributed by atoms with Crippen molar-refractivity contribution >= 4 is 17.5 Å². The van der Waals surface area contributed by atoms with Gasteiger partial charge in [-0.15, -0.1) is 0 Å². The van der Waals surface area contributed by atoms with Crippen LogP contribution in [0.4, 0.5) is 4.39 Å². The van der Waals surface area contributed by atoms with Gasteiger partial charge in [-0.1, -0.05) is 28.9 Å². The Balaban J connectivity index is 1.47. The minimum atomic E-state index is -0.625. The molecule has 4 aromatic rings. The van der Waals surface area contributed by atoms with Crippen molar-refractivity contribution in [2.75, 3.05) is 13.7 Å². The fourth-order valence-electron chi connectivity index (χ4n) is 3.75. The Morgan fingerprint density at radius 1 is 1.27 bits per heavy atom. The van der Waals surface area contributed by atoms with E-state index in [0.717, 1.165) is 11.1 Å². The van der Waals surface area contributed by atoms with Gasteiger partial charge in [0, 0.05) is 23.2 Å². The van der Waals surface area contributed by atoms with Crippen LogP contribution in [-0.2, 0) is 0 Å². The second-order valence-corrected chi connectivity index (χ2v) is 7.90. The molecule has 5 rings (SSSR count). The number of ether oxygens (including phenoxy) is 1. The molecule has 0 saturated carbocycles. The van der Waals surface area contributed by atoms with Gasteiger partial charge >= 0.3 is 0 Å². The number of likely N-dealkylation sites (tertiary alicyclic amines) is 1. The van der Waals surface area contributed by atoms with E-state index in [9.17, 15) is 9.18 Å². The van der Waals surface area contributed by atoms with E-state index in [2.05, 4.69) is 20.3 Å². The zero-order valence-corrected chi connectivity index (χ0v) is 18.5. The van der Waals surface area contributed by atoms with Crippen molar-refractivity contribution < 1.29 is 18.4 Å². The Hall–Kier alpha value is -3.79. The van der Waals surface area contributed by atoms with Gasteiger partial charge in [0.15, 0.2) is 11.6 Å². The standard InChI is InChI=1S/C22H18ClFN6O3/c1-12-13(4-3-5-15(12)23)20-27-21(33-28-20)17-6-9-29(17)22(31)14-10-19(32-2)16(24)11-18(14)30-25-7-8-26-30/h3-5,7-8,10-11,17H,6,9H2,1-2H3/t17-/m0/s1. The Morgan fingerprint density at radius 2 is 2.06 bits per heavy atom. The topological polar surface area (TPSA) is 99.2 Å². The lowest BCUT2D eigenvalue weighted by molar-refractivity contribution is 0.0378. The van der Waals surface area contributed by atoms with Gasteiger partial charge < -0.3 is 14.2 Å². The van der Waals surface area contributed by atoms with Crippen molar-refractivity contribution in [3.63, 3.8) is 0 Å². The largest absolute Gasteiger partial charge is 0.494 e. The molecule has 168 valence electrons. The molecule has 33 heavy (non-hydrogen) atoms. The maximum atomic E-state index is 14.4. The minimum Gasteiger partial charge on any atom is -0.494 e. The number of nitrogens with zero attached hydrogens (tertiary/aromatic N) is 6. The summed E-state index contributed by atoms with van der Waals surface area (Å²) < 4.78 is 25.0. The Kier molecular flexibility index (Phi) is 5.29. The third-order valence-electron chi connectivity index (χ3n) is 5.65. The Labute approximate surface area is 192 Å². The lowest BCUT2D eigenvalue weighted by Gasteiger charge is -2.38. The van der Waals surface area contributed by atoms with E-state index in [0.29, 0.717) is 29.7 Å². The summed E-state index contributed by atoms with van der Waals surface area (Å²) in [5.41, 5.74) is 1.99. The second-order valence-electron chi connectivity index (χ2n) is 7.49. The number of amides is 1. The highest BCUT2D eigenvalue weighted by Crippen LogP contribution is 2.37. The predicted octanol–water partition coefficient (Wildman–Crippen LogP) is 4.01. The molecule has 0 radical (unpaired) electrons. The first-order valence-corrected chi connectivity index (χ1v) is 10.5. The van der Waals surface area contributed by atoms with Crippen LogP contribution in [0.2, 0.25) is 5.02 Å². The summed E-state index contributed by atoms with van der Waals surface area (Å²) in [5.74, 6) is -0.315. The molecule has 1 aliphatic rings. The van der Waals surface area contributed by atoms with Gasteiger partial charge in [0.1, 0.15) is 11.7 Å². The Bertz CT molecular complexity index is 1340. The zero-order chi connectivity index (χ0) is 23.1. The van der Waals surface area contributed by atoms with Crippen LogP contribution in [0.5, 0.6) is 5.75 Å². The van der Waals surface area contributed by atoms with E-state index in [4.69, 9.17) is 20.9 Å². The molecular weight excluding hydrogens is 451 g/mol. The van der Waals surface area contributed by atoms with E-state index >= 15 is 0 Å². The van der Waals surface area contributed by atoms with Gasteiger partial charge in [-0.05, 0) is 31.0 Å². The predicted molar refractivity (Wildman–Crippen MR) is 116 cm³/mol. The lowest BCUT2D eigenvalue weighted by Crippen LogP contribution is -2.45. The van der Waals surface area contributed by atoms with Crippen molar-refractivity contribution in [2.45, 2.75) is 19.4 Å². The highest BCUT2D eigenvalue weighted by atomic mass is 35.5. The van der Waals surface area contributed by atoms with Gasteiger partial charge in [0.25, 0.3) is 5.91 Å². The number of carbonyl (C=O) groups is 1. The molecule has 0 spiro atoms. The van der Waals surface area contributed by atoms with Crippen LogP contribution >= 0.6 is 11.6 Å². The normalized spacial score (nSPS) is 15.4. The second kappa shape index (κ2) is 8.28. The summed E-state index contributed by atoms with van der Waals surface area (Å²) in [4.78, 5) is 20.7. The summed E-state index contributed by atoms with van der Waals surface area (Å²) in [6.45, 7) is 2.35. The first-order valence-electron chi connectivity index (χ1n) is 10.1. The minimum absolute atomic E-state index is 0.0529. The van der Waals surface area contributed by atoms with Crippen molar-refractivity contribution in [3.8, 4) is 22.8 Å². The van der Waals surface area contributed by atoms with Gasteiger partial charge in [0.2, 0.25) is 11.7 Å². The molecule has 1 amide bonds. The number of aromatic nitrogens is 5. The number of rotatable bonds is 5. The third kappa shape index (κ3) is 3.62. The molecule has 1 saturated heterocycles. The molecule has 0 aliphatic carbocycles. The van der Waals surface area contributed by atoms with E-state index in [1.807, 2.05) is 19.1 Å². The molecule has 1 aliphatic heterocycles. The number of hydrogen-bond acceptors (Lipinski definition) is 7. The third-order valence-corrected chi connectivity index (χ3v) is 6.06. The number of hydrogen-bond donors (Lipinski definition) is 0. The summed E-state index contributed by atoms with van der Waals surface area (Å²) in [6, 6.07) is 7.57. The van der Waals surface area contributed by atoms with Crippen LogP contribution in [-0.4, -0.2) is 49.6 Å². The van der Waals surface area contributed by atoms with E-state index in [-0.39, 0.29) is 22.9 Å². The van der Waals surface area contributed by atoms with Crippen LogP contribution < -0.4 is 4.74 Å². The highest BCUT2D eigenvalue weighted by Gasteiger charge is 2.39. The van der Waals surface area contributed by atoms with Gasteiger partial charge in [-0.3, -0.25) is 4.79 Å². The highest BCUT2D eigenvalue weighted by molar-refractivity contribution is 6.31. The maximum Gasteiger partial charge on any atom is 0.256 e. The SMILES string of the molecule is COc1cc(C(=O)N2CC[C@H]2c2nc(-c3cccc(Cl)c3C)no2)c(-n2nccn2)cc1F. The molecule has 0 bridgehead atoms. The molecular formula is C22H18ClFN6O3. The van der Waals surface area contributed by atoms with Gasteiger partial charge in [-0.2, -0.15) is 20.0 Å². The fraction of sp³-hybridized carbons (Fsp3) is 0.227. The first-order chi connectivity index (χ1) is 16.0. The van der Waals surface area contributed by atoms with E-state index < -0.39 is 11.9 Å². The van der Waals surface area contributed by atoms with Crippen molar-refractivity contribution in [1.82, 2.24) is 30.0 Å². The fourth-order valence-corrected chi connectivity index (χ4v) is 3.92. The molecule has 1 atom stereocenters. The average Bonchev–Trinajstić information content (AvgIpc) is 3.47. The summed E-state index contributed by atoms with van der Waals surface area (Å²) >= 11 is 6.21. The number of benzene rings is 2. The number of carbonyl (C=O) groups excluding carboxylic acids is 1. The van der Waals surface area contributed by atoms with Crippen LogP contribution in [0.1, 0.15) is 34.3 Å². The van der Waals surface area contributed by atoms with E-state index in [1.54, 1.807) is 11.0 Å². The van der Waals surface area contributed by atoms with Crippen LogP contribution in [0.25, 0.3) is 17.1 Å². The monoisotopic (exact) mass is 468 g/mol. The van der Waals surface area contributed by atoms with Crippen LogP contribution in [0.3, 0.4) is 0 Å². The van der Waals surface area contributed by atoms with Gasteiger partial charge in [0.05, 0.1) is 25.1 Å². The number of methoxy groups -OCH3 is 1. The van der Waals surface area contributed by atoms with Crippen LogP contribution in [0, 0.1) is 12.7 Å². The van der Waals surface area contributed by atoms with Crippen molar-refractivity contribution in [3.05, 3.63) is 70.6 Å². The lowest BCUT2D eigenvalue weighted by atomic mass is 10.00. The molecule has 0 N–H and O–H groups in total. The maximum absolute atomic E-state index is 14.4. The van der Waals surface area contributed by atoms with Crippen molar-refractivity contribution in [2.24, 2.45) is 0 Å². The quantitative estimate of drug-likeness (QED) is 0.436. The van der Waals surface area contributed by atoms with Crippen molar-refractivity contribution in [1.29, 1.82) is 0 Å². The number of halogens is 2.